The molecule has 0 aliphatic heterocycles. The van der Waals surface area contributed by atoms with Crippen LogP contribution in [0.15, 0.2) is 66.7 Å². The highest BCUT2D eigenvalue weighted by atomic mass is 32.2. The van der Waals surface area contributed by atoms with Gasteiger partial charge in [0.2, 0.25) is 0 Å². The summed E-state index contributed by atoms with van der Waals surface area (Å²) in [4.78, 5) is 15.4. The molecule has 1 heterocycles. The average Bonchev–Trinajstić information content (AvgIpc) is 3.10. The molecule has 0 spiro atoms. The van der Waals surface area contributed by atoms with Crippen molar-refractivity contribution in [2.75, 3.05) is 16.3 Å². The number of anilines is 3. The van der Waals surface area contributed by atoms with Gasteiger partial charge in [-0.3, -0.25) is 4.79 Å². The minimum absolute atomic E-state index is 0.668. The summed E-state index contributed by atoms with van der Waals surface area (Å²) in [6.45, 7) is 0. The van der Waals surface area contributed by atoms with Gasteiger partial charge in [-0.25, -0.2) is 9.19 Å². The lowest BCUT2D eigenvalue weighted by molar-refractivity contribution is 0.112. The van der Waals surface area contributed by atoms with E-state index in [9.17, 15) is 9.00 Å². The van der Waals surface area contributed by atoms with E-state index in [1.807, 2.05) is 66.7 Å². The molecule has 1 atom stereocenters. The number of thiazole rings is 1. The van der Waals surface area contributed by atoms with Crippen molar-refractivity contribution >= 4 is 55.3 Å². The third-order valence-corrected chi connectivity index (χ3v) is 5.62. The van der Waals surface area contributed by atoms with Gasteiger partial charge in [0.25, 0.3) is 0 Å². The molecule has 7 heteroatoms. The number of fused-ring (bicyclic) bond motifs is 1. The van der Waals surface area contributed by atoms with Crippen molar-refractivity contribution in [1.29, 1.82) is 0 Å². The summed E-state index contributed by atoms with van der Waals surface area (Å²) in [6, 6.07) is 21.3. The fourth-order valence-corrected chi connectivity index (χ4v) is 4.22. The Balaban J connectivity index is 1.52. The molecule has 140 valence electrons. The number of hydrogen-bond acceptors (Lipinski definition) is 5. The average molecular weight is 408 g/mol. The van der Waals surface area contributed by atoms with Crippen molar-refractivity contribution in [3.8, 4) is 11.1 Å². The summed E-state index contributed by atoms with van der Waals surface area (Å²) in [5.41, 5.74) is 5.46. The van der Waals surface area contributed by atoms with Crippen LogP contribution in [0.1, 0.15) is 10.4 Å². The Morgan fingerprint density at radius 3 is 2.21 bits per heavy atom. The van der Waals surface area contributed by atoms with E-state index < -0.39 is 11.0 Å². The molecule has 0 fully saturated rings. The Hall–Kier alpha value is -3.03. The first-order chi connectivity index (χ1) is 13.6. The first-order valence-corrected chi connectivity index (χ1v) is 10.9. The van der Waals surface area contributed by atoms with Crippen molar-refractivity contribution < 1.29 is 9.00 Å². The maximum Gasteiger partial charge on any atom is 0.188 e. The number of nitrogens with one attached hydrogen (secondary N) is 2. The van der Waals surface area contributed by atoms with Crippen molar-refractivity contribution in [2.24, 2.45) is 0 Å². The molecular formula is C21H17N3O2S2. The monoisotopic (exact) mass is 407 g/mol. The normalized spacial score (nSPS) is 11.9. The van der Waals surface area contributed by atoms with Crippen molar-refractivity contribution in [1.82, 2.24) is 4.98 Å². The molecular weight excluding hydrogens is 390 g/mol. The highest BCUT2D eigenvalue weighted by Gasteiger charge is 2.06. The minimum atomic E-state index is -1.10. The van der Waals surface area contributed by atoms with E-state index in [1.54, 1.807) is 17.6 Å². The quantitative estimate of drug-likeness (QED) is 0.430. The van der Waals surface area contributed by atoms with E-state index in [0.717, 1.165) is 44.1 Å². The van der Waals surface area contributed by atoms with Gasteiger partial charge in [0.05, 0.1) is 10.2 Å². The fourth-order valence-electron chi connectivity index (χ4n) is 2.83. The van der Waals surface area contributed by atoms with Crippen LogP contribution in [0.3, 0.4) is 0 Å². The van der Waals surface area contributed by atoms with Crippen LogP contribution < -0.4 is 10.0 Å². The fraction of sp³-hybridized carbons (Fsp3) is 0.0476. The van der Waals surface area contributed by atoms with Gasteiger partial charge < -0.3 is 10.0 Å². The molecule has 5 nitrogen and oxygen atoms in total. The number of hydrogen-bond donors (Lipinski definition) is 2. The lowest BCUT2D eigenvalue weighted by Crippen LogP contribution is -2.00. The Labute approximate surface area is 169 Å². The van der Waals surface area contributed by atoms with Crippen LogP contribution in [0, 0.1) is 0 Å². The second kappa shape index (κ2) is 7.92. The van der Waals surface area contributed by atoms with Crippen LogP contribution in [0.2, 0.25) is 0 Å². The lowest BCUT2D eigenvalue weighted by atomic mass is 10.0. The van der Waals surface area contributed by atoms with Gasteiger partial charge in [-0.05, 0) is 41.5 Å². The molecule has 0 saturated carbocycles. The SMILES string of the molecule is CS(=O)Nc1ccc2nc(Nc3ccc(-c4ccc(C=O)cc4)cc3)sc2c1. The Morgan fingerprint density at radius 2 is 1.57 bits per heavy atom. The summed E-state index contributed by atoms with van der Waals surface area (Å²) in [7, 11) is -1.10. The third-order valence-electron chi connectivity index (χ3n) is 4.17. The molecule has 0 saturated heterocycles. The zero-order valence-electron chi connectivity index (χ0n) is 15.0. The molecule has 0 aliphatic rings. The van der Waals surface area contributed by atoms with E-state index >= 15 is 0 Å². The van der Waals surface area contributed by atoms with Gasteiger partial charge >= 0.3 is 0 Å². The van der Waals surface area contributed by atoms with Gasteiger partial charge in [0, 0.05) is 23.2 Å². The largest absolute Gasteiger partial charge is 0.332 e. The number of carbonyl (C=O) groups excluding carboxylic acids is 1. The van der Waals surface area contributed by atoms with Crippen molar-refractivity contribution in [3.05, 3.63) is 72.3 Å². The Kier molecular flexibility index (Phi) is 5.18. The number of benzene rings is 3. The molecule has 0 bridgehead atoms. The van der Waals surface area contributed by atoms with Gasteiger partial charge in [-0.15, -0.1) is 0 Å². The minimum Gasteiger partial charge on any atom is -0.332 e. The van der Waals surface area contributed by atoms with Gasteiger partial charge in [0.15, 0.2) is 5.13 Å². The van der Waals surface area contributed by atoms with Crippen LogP contribution >= 0.6 is 11.3 Å². The highest BCUT2D eigenvalue weighted by Crippen LogP contribution is 2.31. The number of aromatic nitrogens is 1. The zero-order valence-corrected chi connectivity index (χ0v) is 16.6. The predicted molar refractivity (Wildman–Crippen MR) is 118 cm³/mol. The molecule has 0 radical (unpaired) electrons. The standard InChI is InChI=1S/C21H17N3O2S2/c1-28(26)24-18-10-11-19-20(12-18)27-21(23-19)22-17-8-6-16(7-9-17)15-4-2-14(13-25)3-5-15/h2-13,24H,1H3,(H,22,23). The number of rotatable bonds is 6. The van der Waals surface area contributed by atoms with Crippen LogP contribution in [0.25, 0.3) is 21.3 Å². The maximum absolute atomic E-state index is 11.3. The van der Waals surface area contributed by atoms with Gasteiger partial charge in [-0.2, -0.15) is 0 Å². The molecule has 28 heavy (non-hydrogen) atoms. The molecule has 4 aromatic rings. The number of nitrogens with zero attached hydrogens (tertiary/aromatic N) is 1. The first kappa shape index (κ1) is 18.3. The van der Waals surface area contributed by atoms with E-state index in [4.69, 9.17) is 0 Å². The van der Waals surface area contributed by atoms with Crippen molar-refractivity contribution in [3.63, 3.8) is 0 Å². The summed E-state index contributed by atoms with van der Waals surface area (Å²) >= 11 is 1.54. The zero-order chi connectivity index (χ0) is 19.5. The number of aldehydes is 1. The molecule has 1 unspecified atom stereocenters. The first-order valence-electron chi connectivity index (χ1n) is 8.54. The van der Waals surface area contributed by atoms with Gasteiger partial charge in [0.1, 0.15) is 17.3 Å². The van der Waals surface area contributed by atoms with E-state index in [0.29, 0.717) is 5.56 Å². The van der Waals surface area contributed by atoms with E-state index in [2.05, 4.69) is 15.0 Å². The topological polar surface area (TPSA) is 71.1 Å². The molecule has 0 aliphatic carbocycles. The molecule has 2 N–H and O–H groups in total. The van der Waals surface area contributed by atoms with Crippen LogP contribution in [0.5, 0.6) is 0 Å². The predicted octanol–water partition coefficient (Wildman–Crippen LogP) is 5.22. The van der Waals surface area contributed by atoms with Crippen LogP contribution in [-0.2, 0) is 11.0 Å². The van der Waals surface area contributed by atoms with E-state index in [-0.39, 0.29) is 0 Å². The van der Waals surface area contributed by atoms with E-state index in [1.165, 1.54) is 0 Å². The Bertz CT molecular complexity index is 1150. The summed E-state index contributed by atoms with van der Waals surface area (Å²) in [5, 5.41) is 4.13. The van der Waals surface area contributed by atoms with Crippen LogP contribution in [0.4, 0.5) is 16.5 Å². The lowest BCUT2D eigenvalue weighted by Gasteiger charge is -2.05. The number of carbonyl (C=O) groups is 1. The third kappa shape index (κ3) is 4.11. The molecule has 4 rings (SSSR count). The molecule has 0 amide bonds. The summed E-state index contributed by atoms with van der Waals surface area (Å²) in [6.07, 6.45) is 2.44. The molecule has 3 aromatic carbocycles. The Morgan fingerprint density at radius 1 is 0.929 bits per heavy atom. The smallest absolute Gasteiger partial charge is 0.188 e. The maximum atomic E-state index is 11.3. The molecule has 1 aromatic heterocycles. The summed E-state index contributed by atoms with van der Waals surface area (Å²) in [5.74, 6) is 0. The highest BCUT2D eigenvalue weighted by molar-refractivity contribution is 7.85. The van der Waals surface area contributed by atoms with Crippen LogP contribution in [-0.4, -0.2) is 21.7 Å². The van der Waals surface area contributed by atoms with Crippen molar-refractivity contribution in [2.45, 2.75) is 0 Å². The van der Waals surface area contributed by atoms with Gasteiger partial charge in [-0.1, -0.05) is 47.7 Å². The summed E-state index contributed by atoms with van der Waals surface area (Å²) < 4.78 is 15.2. The second-order valence-corrected chi connectivity index (χ2v) is 8.34. The second-order valence-electron chi connectivity index (χ2n) is 6.20.